The second kappa shape index (κ2) is 2.21. The molecule has 2 heterocycles. The molecule has 2 heteroatoms. The number of hydrogen-bond acceptors (Lipinski definition) is 2. The number of dihydropyridines is 1. The number of nitrogens with one attached hydrogen (secondary N) is 2. The van der Waals surface area contributed by atoms with Gasteiger partial charge in [-0.1, -0.05) is 6.08 Å². The first-order valence-electron chi connectivity index (χ1n) is 3.51. The smallest absolute Gasteiger partial charge is 0.0407 e. The van der Waals surface area contributed by atoms with Gasteiger partial charge in [0.15, 0.2) is 0 Å². The van der Waals surface area contributed by atoms with Gasteiger partial charge in [-0.05, 0) is 24.3 Å². The third-order valence-corrected chi connectivity index (χ3v) is 1.74. The standard InChI is InChI=1S/C8H10N2/c1-2-7-6-9-5-3-8(7)10-4-1/h1,3-4,6,9-10H,2,5H2. The topological polar surface area (TPSA) is 24.1 Å². The highest BCUT2D eigenvalue weighted by atomic mass is 14.9. The van der Waals surface area contributed by atoms with E-state index in [2.05, 4.69) is 29.0 Å². The van der Waals surface area contributed by atoms with Gasteiger partial charge in [-0.15, -0.1) is 0 Å². The van der Waals surface area contributed by atoms with Crippen molar-refractivity contribution in [3.63, 3.8) is 0 Å². The van der Waals surface area contributed by atoms with Crippen LogP contribution < -0.4 is 10.6 Å². The summed E-state index contributed by atoms with van der Waals surface area (Å²) >= 11 is 0. The van der Waals surface area contributed by atoms with Gasteiger partial charge in [0, 0.05) is 18.4 Å². The molecule has 10 heavy (non-hydrogen) atoms. The van der Waals surface area contributed by atoms with E-state index in [9.17, 15) is 0 Å². The maximum Gasteiger partial charge on any atom is 0.0407 e. The summed E-state index contributed by atoms with van der Waals surface area (Å²) in [5, 5.41) is 6.36. The average Bonchev–Trinajstić information content (AvgIpc) is 2.05. The summed E-state index contributed by atoms with van der Waals surface area (Å²) in [6, 6.07) is 0. The van der Waals surface area contributed by atoms with Crippen LogP contribution in [0.1, 0.15) is 6.42 Å². The Kier molecular flexibility index (Phi) is 1.24. The summed E-state index contributed by atoms with van der Waals surface area (Å²) in [6.07, 6.45) is 9.40. The number of hydrogen-bond donors (Lipinski definition) is 2. The molecule has 0 fully saturated rings. The first-order chi connectivity index (χ1) is 4.97. The van der Waals surface area contributed by atoms with Gasteiger partial charge in [0.05, 0.1) is 0 Å². The van der Waals surface area contributed by atoms with Gasteiger partial charge >= 0.3 is 0 Å². The minimum Gasteiger partial charge on any atom is -0.387 e. The summed E-state index contributed by atoms with van der Waals surface area (Å²) in [5.41, 5.74) is 2.62. The molecule has 2 aliphatic heterocycles. The highest BCUT2D eigenvalue weighted by Crippen LogP contribution is 2.16. The highest BCUT2D eigenvalue weighted by Gasteiger charge is 2.07. The molecule has 0 radical (unpaired) electrons. The van der Waals surface area contributed by atoms with Gasteiger partial charge in [-0.25, -0.2) is 0 Å². The lowest BCUT2D eigenvalue weighted by Crippen LogP contribution is -2.20. The highest BCUT2D eigenvalue weighted by molar-refractivity contribution is 5.37. The van der Waals surface area contributed by atoms with Crippen molar-refractivity contribution in [1.82, 2.24) is 10.6 Å². The van der Waals surface area contributed by atoms with Crippen molar-refractivity contribution in [3.8, 4) is 0 Å². The molecule has 52 valence electrons. The van der Waals surface area contributed by atoms with Crippen molar-refractivity contribution in [2.45, 2.75) is 6.42 Å². The summed E-state index contributed by atoms with van der Waals surface area (Å²) < 4.78 is 0. The van der Waals surface area contributed by atoms with E-state index in [0.717, 1.165) is 13.0 Å². The molecule has 2 nitrogen and oxygen atoms in total. The first kappa shape index (κ1) is 5.59. The Morgan fingerprint density at radius 3 is 3.30 bits per heavy atom. The molecule has 0 bridgehead atoms. The van der Waals surface area contributed by atoms with Gasteiger partial charge in [-0.3, -0.25) is 0 Å². The molecule has 2 N–H and O–H groups in total. The fourth-order valence-electron chi connectivity index (χ4n) is 1.21. The summed E-state index contributed by atoms with van der Waals surface area (Å²) in [7, 11) is 0. The maximum atomic E-state index is 3.19. The van der Waals surface area contributed by atoms with Crippen molar-refractivity contribution >= 4 is 0 Å². The predicted octanol–water partition coefficient (Wildman–Crippen LogP) is 0.864. The largest absolute Gasteiger partial charge is 0.387 e. The molecular formula is C8H10N2. The van der Waals surface area contributed by atoms with Crippen molar-refractivity contribution in [3.05, 3.63) is 35.8 Å². The van der Waals surface area contributed by atoms with Crippen molar-refractivity contribution in [2.75, 3.05) is 6.54 Å². The molecule has 2 aliphatic rings. The Labute approximate surface area is 60.3 Å². The van der Waals surface area contributed by atoms with Crippen LogP contribution in [0.25, 0.3) is 0 Å². The van der Waals surface area contributed by atoms with Crippen LogP contribution in [0.3, 0.4) is 0 Å². The van der Waals surface area contributed by atoms with Crippen LogP contribution in [-0.2, 0) is 0 Å². The molecule has 0 unspecified atom stereocenters. The molecule has 0 aromatic rings. The van der Waals surface area contributed by atoms with E-state index in [1.165, 1.54) is 11.3 Å². The zero-order valence-electron chi connectivity index (χ0n) is 5.72. The fourth-order valence-corrected chi connectivity index (χ4v) is 1.21. The van der Waals surface area contributed by atoms with Gasteiger partial charge < -0.3 is 10.6 Å². The third kappa shape index (κ3) is 0.817. The van der Waals surface area contributed by atoms with Crippen LogP contribution in [0.2, 0.25) is 0 Å². The number of allylic oxidation sites excluding steroid dienone is 2. The fraction of sp³-hybridized carbons (Fsp3) is 0.250. The molecule has 0 aromatic heterocycles. The van der Waals surface area contributed by atoms with Crippen LogP contribution in [0.4, 0.5) is 0 Å². The lowest BCUT2D eigenvalue weighted by Gasteiger charge is -2.19. The Balaban J connectivity index is 2.30. The van der Waals surface area contributed by atoms with E-state index in [1.807, 2.05) is 6.20 Å². The molecule has 0 saturated heterocycles. The van der Waals surface area contributed by atoms with Crippen molar-refractivity contribution < 1.29 is 0 Å². The Hall–Kier alpha value is -1.18. The van der Waals surface area contributed by atoms with Crippen molar-refractivity contribution in [1.29, 1.82) is 0 Å². The van der Waals surface area contributed by atoms with E-state index in [1.54, 1.807) is 0 Å². The lowest BCUT2D eigenvalue weighted by molar-refractivity contribution is 0.865. The summed E-state index contributed by atoms with van der Waals surface area (Å²) in [4.78, 5) is 0. The van der Waals surface area contributed by atoms with E-state index in [-0.39, 0.29) is 0 Å². The second-order valence-electron chi connectivity index (χ2n) is 2.45. The van der Waals surface area contributed by atoms with Crippen LogP contribution >= 0.6 is 0 Å². The molecular weight excluding hydrogens is 124 g/mol. The van der Waals surface area contributed by atoms with Gasteiger partial charge in [-0.2, -0.15) is 0 Å². The predicted molar refractivity (Wildman–Crippen MR) is 41.1 cm³/mol. The van der Waals surface area contributed by atoms with Crippen LogP contribution in [0.5, 0.6) is 0 Å². The Bertz CT molecular complexity index is 199. The Morgan fingerprint density at radius 2 is 2.40 bits per heavy atom. The molecule has 2 rings (SSSR count). The normalized spacial score (nSPS) is 21.6. The van der Waals surface area contributed by atoms with E-state index < -0.39 is 0 Å². The number of fused-ring (bicyclic) bond motifs is 1. The minimum atomic E-state index is 0.944. The quantitative estimate of drug-likeness (QED) is 0.513. The summed E-state index contributed by atoms with van der Waals surface area (Å²) in [6.45, 7) is 0.944. The van der Waals surface area contributed by atoms with Crippen LogP contribution in [0.15, 0.2) is 35.8 Å². The van der Waals surface area contributed by atoms with E-state index in [0.29, 0.717) is 0 Å². The van der Waals surface area contributed by atoms with E-state index in [4.69, 9.17) is 0 Å². The summed E-state index contributed by atoms with van der Waals surface area (Å²) in [5.74, 6) is 0. The zero-order chi connectivity index (χ0) is 6.81. The molecule has 0 spiro atoms. The molecule has 0 saturated carbocycles. The SMILES string of the molecule is C1=CNC2=CCNC=C2C1. The second-order valence-corrected chi connectivity index (χ2v) is 2.45. The van der Waals surface area contributed by atoms with Gasteiger partial charge in [0.1, 0.15) is 0 Å². The number of rotatable bonds is 0. The molecule has 0 atom stereocenters. The average molecular weight is 134 g/mol. The maximum absolute atomic E-state index is 3.19. The monoisotopic (exact) mass is 134 g/mol. The molecule has 0 aromatic carbocycles. The van der Waals surface area contributed by atoms with Crippen LogP contribution in [0, 0.1) is 0 Å². The first-order valence-corrected chi connectivity index (χ1v) is 3.51. The third-order valence-electron chi connectivity index (χ3n) is 1.74. The van der Waals surface area contributed by atoms with Gasteiger partial charge in [0.25, 0.3) is 0 Å². The molecule has 0 amide bonds. The van der Waals surface area contributed by atoms with E-state index >= 15 is 0 Å². The Morgan fingerprint density at radius 1 is 1.40 bits per heavy atom. The lowest BCUT2D eigenvalue weighted by atomic mass is 10.1. The van der Waals surface area contributed by atoms with Crippen molar-refractivity contribution in [2.24, 2.45) is 0 Å². The zero-order valence-corrected chi connectivity index (χ0v) is 5.72. The minimum absolute atomic E-state index is 0.944. The van der Waals surface area contributed by atoms with Gasteiger partial charge in [0.2, 0.25) is 0 Å². The molecule has 0 aliphatic carbocycles. The van der Waals surface area contributed by atoms with Crippen LogP contribution in [-0.4, -0.2) is 6.54 Å².